The molecule has 0 aliphatic carbocycles. The predicted molar refractivity (Wildman–Crippen MR) is 79.4 cm³/mol. The maximum atomic E-state index is 9.03. The molecular weight excluding hydrogens is 319 g/mol. The van der Waals surface area contributed by atoms with E-state index < -0.39 is 0 Å². The van der Waals surface area contributed by atoms with Crippen LogP contribution in [0.2, 0.25) is 0 Å². The van der Waals surface area contributed by atoms with Gasteiger partial charge in [0.2, 0.25) is 0 Å². The van der Waals surface area contributed by atoms with Crippen LogP contribution in [0.4, 0.5) is 0 Å². The number of hydrogen-bond acceptors (Lipinski definition) is 1. The second kappa shape index (κ2) is 9.74. The molecule has 2 heterocycles. The van der Waals surface area contributed by atoms with Gasteiger partial charge in [0.25, 0.3) is 0 Å². The maximum absolute atomic E-state index is 9.03. The van der Waals surface area contributed by atoms with Crippen LogP contribution in [0.3, 0.4) is 0 Å². The molecular formula is C17H28Cl2N2O. The number of hydrogen-bond donors (Lipinski definition) is 3. The highest BCUT2D eigenvalue weighted by atomic mass is 35.5. The van der Waals surface area contributed by atoms with Crippen LogP contribution >= 0.6 is 0 Å². The number of piperidine rings is 1. The van der Waals surface area contributed by atoms with Crippen LogP contribution in [0.15, 0.2) is 30.3 Å². The zero-order valence-corrected chi connectivity index (χ0v) is 14.6. The number of aliphatic hydroxyl groups is 1. The first-order chi connectivity index (χ1) is 9.86. The van der Waals surface area contributed by atoms with Gasteiger partial charge in [-0.05, 0) is 0 Å². The zero-order valence-electron chi connectivity index (χ0n) is 13.1. The standard InChI is InChI=1S/C17H26N2O.2ClH/c20-10-4-9-19-16-7-8-17(19)12-15(11-16)18-13-14-5-2-1-3-6-14;;/h1-3,5-6,15-18,20H,4,7-13H2;2*1H/t15?,16-,17+;;. The lowest BCUT2D eigenvalue weighted by molar-refractivity contribution is -0.949. The average molecular weight is 347 g/mol. The third-order valence-corrected chi connectivity index (χ3v) is 5.24. The number of fused-ring (bicyclic) bond motifs is 2. The Labute approximate surface area is 146 Å². The molecule has 4 atom stereocenters. The van der Waals surface area contributed by atoms with Crippen LogP contribution < -0.4 is 35.0 Å². The predicted octanol–water partition coefficient (Wildman–Crippen LogP) is -6.28. The van der Waals surface area contributed by atoms with Crippen molar-refractivity contribution in [2.24, 2.45) is 0 Å². The molecule has 5 heteroatoms. The molecule has 22 heavy (non-hydrogen) atoms. The van der Waals surface area contributed by atoms with E-state index in [2.05, 4.69) is 35.6 Å². The summed E-state index contributed by atoms with van der Waals surface area (Å²) in [6, 6.07) is 13.3. The van der Waals surface area contributed by atoms with Gasteiger partial charge in [0, 0.05) is 31.4 Å². The molecule has 0 spiro atoms. The van der Waals surface area contributed by atoms with E-state index in [1.54, 1.807) is 4.90 Å². The third kappa shape index (κ3) is 4.84. The summed E-state index contributed by atoms with van der Waals surface area (Å²) in [7, 11) is 0. The van der Waals surface area contributed by atoms with Crippen molar-refractivity contribution in [3.05, 3.63) is 35.9 Å². The third-order valence-electron chi connectivity index (χ3n) is 5.24. The normalized spacial score (nSPS) is 29.5. The Bertz CT molecular complexity index is 404. The minimum atomic E-state index is 0. The Hall–Kier alpha value is -0.320. The van der Waals surface area contributed by atoms with Gasteiger partial charge >= 0.3 is 0 Å². The van der Waals surface area contributed by atoms with Gasteiger partial charge in [0.1, 0.15) is 6.54 Å². The van der Waals surface area contributed by atoms with Crippen molar-refractivity contribution >= 4 is 0 Å². The molecule has 2 aliphatic heterocycles. The quantitative estimate of drug-likeness (QED) is 0.471. The van der Waals surface area contributed by atoms with E-state index in [4.69, 9.17) is 5.11 Å². The van der Waals surface area contributed by atoms with Gasteiger partial charge in [0.05, 0.1) is 37.5 Å². The average Bonchev–Trinajstić information content (AvgIpc) is 2.73. The minimum absolute atomic E-state index is 0. The molecule has 0 amide bonds. The fourth-order valence-corrected chi connectivity index (χ4v) is 4.27. The number of rotatable bonds is 6. The summed E-state index contributed by atoms with van der Waals surface area (Å²) in [6.45, 7) is 2.65. The SMILES string of the molecule is OCCC[NH+]1[C@@H]2CC[C@H]1CC([NH2+]Cc1ccccc1)C2.[Cl-].[Cl-]. The number of nitrogens with one attached hydrogen (secondary N) is 1. The Kier molecular flexibility index (Phi) is 8.73. The van der Waals surface area contributed by atoms with Gasteiger partial charge in [-0.1, -0.05) is 30.3 Å². The molecule has 2 bridgehead atoms. The Morgan fingerprint density at radius 1 is 1.05 bits per heavy atom. The van der Waals surface area contributed by atoms with Gasteiger partial charge in [-0.2, -0.15) is 0 Å². The van der Waals surface area contributed by atoms with Crippen molar-refractivity contribution in [2.45, 2.75) is 56.8 Å². The highest BCUT2D eigenvalue weighted by molar-refractivity contribution is 5.13. The van der Waals surface area contributed by atoms with E-state index in [1.165, 1.54) is 37.8 Å². The molecule has 3 nitrogen and oxygen atoms in total. The van der Waals surface area contributed by atoms with Crippen LogP contribution in [0.1, 0.15) is 37.7 Å². The van der Waals surface area contributed by atoms with Crippen LogP contribution in [0, 0.1) is 0 Å². The molecule has 2 fully saturated rings. The fraction of sp³-hybridized carbons (Fsp3) is 0.647. The monoisotopic (exact) mass is 346 g/mol. The Morgan fingerprint density at radius 3 is 2.27 bits per heavy atom. The summed E-state index contributed by atoms with van der Waals surface area (Å²) < 4.78 is 0. The smallest absolute Gasteiger partial charge is 0.101 e. The van der Waals surface area contributed by atoms with Crippen molar-refractivity contribution in [1.29, 1.82) is 0 Å². The van der Waals surface area contributed by atoms with Crippen molar-refractivity contribution in [3.8, 4) is 0 Å². The van der Waals surface area contributed by atoms with Crippen LogP contribution in [-0.2, 0) is 6.54 Å². The summed E-state index contributed by atoms with van der Waals surface area (Å²) in [5.41, 5.74) is 1.44. The number of aliphatic hydroxyl groups excluding tert-OH is 1. The maximum Gasteiger partial charge on any atom is 0.101 e. The molecule has 2 aliphatic rings. The van der Waals surface area contributed by atoms with Gasteiger partial charge < -0.3 is 40.1 Å². The Balaban J connectivity index is 0.00000121. The Morgan fingerprint density at radius 2 is 1.68 bits per heavy atom. The molecule has 4 N–H and O–H groups in total. The summed E-state index contributed by atoms with van der Waals surface area (Å²) in [5, 5.41) is 11.6. The van der Waals surface area contributed by atoms with Crippen LogP contribution in [0.5, 0.6) is 0 Å². The molecule has 0 radical (unpaired) electrons. The number of benzene rings is 1. The lowest BCUT2D eigenvalue weighted by Gasteiger charge is -2.34. The lowest BCUT2D eigenvalue weighted by Crippen LogP contribution is -3.19. The zero-order chi connectivity index (χ0) is 13.8. The highest BCUT2D eigenvalue weighted by Crippen LogP contribution is 2.21. The van der Waals surface area contributed by atoms with Crippen molar-refractivity contribution in [1.82, 2.24) is 0 Å². The second-order valence-electron chi connectivity index (χ2n) is 6.53. The molecule has 2 saturated heterocycles. The molecule has 126 valence electrons. The second-order valence-corrected chi connectivity index (χ2v) is 6.53. The number of nitrogens with two attached hydrogens (primary N) is 1. The van der Waals surface area contributed by atoms with E-state index in [0.717, 1.165) is 31.1 Å². The first kappa shape index (κ1) is 19.7. The largest absolute Gasteiger partial charge is 1.00 e. The van der Waals surface area contributed by atoms with Crippen molar-refractivity contribution < 1.29 is 40.1 Å². The highest BCUT2D eigenvalue weighted by Gasteiger charge is 2.45. The topological polar surface area (TPSA) is 41.3 Å². The first-order valence-corrected chi connectivity index (χ1v) is 8.20. The van der Waals surface area contributed by atoms with Gasteiger partial charge in [-0.25, -0.2) is 0 Å². The van der Waals surface area contributed by atoms with Crippen molar-refractivity contribution in [3.63, 3.8) is 0 Å². The van der Waals surface area contributed by atoms with Crippen LogP contribution in [0.25, 0.3) is 0 Å². The molecule has 0 aromatic heterocycles. The molecule has 1 aromatic carbocycles. The molecule has 1 aromatic rings. The van der Waals surface area contributed by atoms with E-state index in [9.17, 15) is 0 Å². The van der Waals surface area contributed by atoms with Gasteiger partial charge in [0.15, 0.2) is 0 Å². The summed E-state index contributed by atoms with van der Waals surface area (Å²) in [4.78, 5) is 1.79. The number of halogens is 2. The summed E-state index contributed by atoms with van der Waals surface area (Å²) in [6.07, 6.45) is 6.51. The number of quaternary nitrogens is 2. The first-order valence-electron chi connectivity index (χ1n) is 8.20. The van der Waals surface area contributed by atoms with Crippen LogP contribution in [-0.4, -0.2) is 36.4 Å². The van der Waals surface area contributed by atoms with Gasteiger partial charge in [-0.15, -0.1) is 0 Å². The molecule has 0 saturated carbocycles. The lowest BCUT2D eigenvalue weighted by atomic mass is 9.97. The van der Waals surface area contributed by atoms with E-state index >= 15 is 0 Å². The van der Waals surface area contributed by atoms with Gasteiger partial charge in [-0.3, -0.25) is 0 Å². The summed E-state index contributed by atoms with van der Waals surface area (Å²) in [5.74, 6) is 0. The molecule has 3 rings (SSSR count). The van der Waals surface area contributed by atoms with Crippen molar-refractivity contribution in [2.75, 3.05) is 13.2 Å². The van der Waals surface area contributed by atoms with E-state index in [1.807, 2.05) is 0 Å². The van der Waals surface area contributed by atoms with E-state index in [0.29, 0.717) is 6.61 Å². The summed E-state index contributed by atoms with van der Waals surface area (Å²) >= 11 is 0. The minimum Gasteiger partial charge on any atom is -1.00 e. The van der Waals surface area contributed by atoms with E-state index in [-0.39, 0.29) is 24.8 Å². The fourth-order valence-electron chi connectivity index (χ4n) is 4.27. The molecule has 2 unspecified atom stereocenters.